The molecule has 3 rings (SSSR count). The second-order valence-corrected chi connectivity index (χ2v) is 5.97. The summed E-state index contributed by atoms with van der Waals surface area (Å²) in [7, 11) is 0. The van der Waals surface area contributed by atoms with Gasteiger partial charge in [0.05, 0.1) is 6.10 Å². The lowest BCUT2D eigenvalue weighted by Crippen LogP contribution is -2.29. The SMILES string of the molecule is O[C@H]1[C@H]2CC[C@H](C2)[C@@H]1Sc1ccccc1. The Hall–Kier alpha value is -0.470. The molecule has 0 spiro atoms. The van der Waals surface area contributed by atoms with E-state index in [2.05, 4.69) is 24.3 Å². The highest BCUT2D eigenvalue weighted by Gasteiger charge is 2.47. The van der Waals surface area contributed by atoms with Crippen molar-refractivity contribution < 1.29 is 5.11 Å². The third kappa shape index (κ3) is 1.70. The van der Waals surface area contributed by atoms with Crippen LogP contribution >= 0.6 is 11.8 Å². The van der Waals surface area contributed by atoms with Crippen molar-refractivity contribution in [3.05, 3.63) is 30.3 Å². The molecule has 1 nitrogen and oxygen atoms in total. The fraction of sp³-hybridized carbons (Fsp3) is 0.538. The summed E-state index contributed by atoms with van der Waals surface area (Å²) < 4.78 is 0. The number of hydrogen-bond acceptors (Lipinski definition) is 2. The summed E-state index contributed by atoms with van der Waals surface area (Å²) in [6, 6.07) is 10.5. The first kappa shape index (κ1) is 9.73. The molecule has 1 aromatic rings. The molecule has 2 bridgehead atoms. The van der Waals surface area contributed by atoms with Gasteiger partial charge in [-0.05, 0) is 43.2 Å². The maximum atomic E-state index is 10.1. The summed E-state index contributed by atoms with van der Waals surface area (Å²) in [4.78, 5) is 1.30. The fourth-order valence-corrected chi connectivity index (χ4v) is 4.46. The van der Waals surface area contributed by atoms with E-state index >= 15 is 0 Å². The van der Waals surface area contributed by atoms with Gasteiger partial charge in [0.1, 0.15) is 0 Å². The summed E-state index contributed by atoms with van der Waals surface area (Å²) >= 11 is 1.87. The van der Waals surface area contributed by atoms with E-state index in [4.69, 9.17) is 0 Å². The van der Waals surface area contributed by atoms with E-state index in [0.717, 1.165) is 5.92 Å². The van der Waals surface area contributed by atoms with Crippen molar-refractivity contribution in [1.29, 1.82) is 0 Å². The Bertz CT molecular complexity index is 336. The van der Waals surface area contributed by atoms with Gasteiger partial charge in [0, 0.05) is 10.1 Å². The maximum Gasteiger partial charge on any atom is 0.0693 e. The zero-order valence-corrected chi connectivity index (χ0v) is 9.49. The van der Waals surface area contributed by atoms with Crippen molar-refractivity contribution in [2.75, 3.05) is 0 Å². The molecule has 2 saturated carbocycles. The number of hydrogen-bond donors (Lipinski definition) is 1. The summed E-state index contributed by atoms with van der Waals surface area (Å²) in [6.07, 6.45) is 3.77. The molecule has 4 atom stereocenters. The van der Waals surface area contributed by atoms with Crippen LogP contribution < -0.4 is 0 Å². The summed E-state index contributed by atoms with van der Waals surface area (Å²) in [6.45, 7) is 0. The van der Waals surface area contributed by atoms with Gasteiger partial charge in [0.2, 0.25) is 0 Å². The molecule has 80 valence electrons. The van der Waals surface area contributed by atoms with Gasteiger partial charge in [-0.1, -0.05) is 18.2 Å². The largest absolute Gasteiger partial charge is 0.392 e. The van der Waals surface area contributed by atoms with Crippen LogP contribution in [0.5, 0.6) is 0 Å². The van der Waals surface area contributed by atoms with E-state index in [1.165, 1.54) is 24.2 Å². The highest BCUT2D eigenvalue weighted by molar-refractivity contribution is 8.00. The minimum atomic E-state index is -0.0612. The van der Waals surface area contributed by atoms with E-state index in [-0.39, 0.29) is 6.10 Å². The Morgan fingerprint density at radius 1 is 1.07 bits per heavy atom. The predicted molar refractivity (Wildman–Crippen MR) is 62.9 cm³/mol. The van der Waals surface area contributed by atoms with Crippen molar-refractivity contribution in [2.45, 2.75) is 35.5 Å². The Morgan fingerprint density at radius 3 is 2.47 bits per heavy atom. The van der Waals surface area contributed by atoms with Gasteiger partial charge < -0.3 is 5.11 Å². The molecule has 0 radical (unpaired) electrons. The maximum absolute atomic E-state index is 10.1. The molecule has 1 aromatic carbocycles. The molecule has 0 unspecified atom stereocenters. The topological polar surface area (TPSA) is 20.2 Å². The van der Waals surface area contributed by atoms with Crippen molar-refractivity contribution in [1.82, 2.24) is 0 Å². The fourth-order valence-electron chi connectivity index (χ4n) is 3.03. The van der Waals surface area contributed by atoms with E-state index in [0.29, 0.717) is 11.2 Å². The van der Waals surface area contributed by atoms with E-state index in [9.17, 15) is 5.11 Å². The average Bonchev–Trinajstić information content (AvgIpc) is 2.84. The minimum absolute atomic E-state index is 0.0612. The van der Waals surface area contributed by atoms with Crippen molar-refractivity contribution in [3.8, 4) is 0 Å². The third-order valence-corrected chi connectivity index (χ3v) is 5.29. The Labute approximate surface area is 94.9 Å². The Balaban J connectivity index is 1.74. The average molecular weight is 220 g/mol. The van der Waals surface area contributed by atoms with Gasteiger partial charge in [-0.2, -0.15) is 0 Å². The first-order chi connectivity index (χ1) is 7.34. The van der Waals surface area contributed by atoms with Crippen LogP contribution in [0.1, 0.15) is 19.3 Å². The van der Waals surface area contributed by atoms with Gasteiger partial charge in [-0.15, -0.1) is 11.8 Å². The van der Waals surface area contributed by atoms with Gasteiger partial charge in [-0.25, -0.2) is 0 Å². The molecule has 2 heteroatoms. The summed E-state index contributed by atoms with van der Waals surface area (Å²) in [5, 5.41) is 10.6. The number of aliphatic hydroxyl groups is 1. The second kappa shape index (κ2) is 3.84. The summed E-state index contributed by atoms with van der Waals surface area (Å²) in [5.74, 6) is 1.35. The zero-order valence-electron chi connectivity index (χ0n) is 8.67. The molecule has 1 N–H and O–H groups in total. The second-order valence-electron chi connectivity index (χ2n) is 4.72. The van der Waals surface area contributed by atoms with Crippen molar-refractivity contribution in [3.63, 3.8) is 0 Å². The van der Waals surface area contributed by atoms with Crippen LogP contribution in [-0.4, -0.2) is 16.5 Å². The number of fused-ring (bicyclic) bond motifs is 2. The molecule has 2 fully saturated rings. The van der Waals surface area contributed by atoms with Gasteiger partial charge in [0.25, 0.3) is 0 Å². The van der Waals surface area contributed by atoms with Gasteiger partial charge in [0.15, 0.2) is 0 Å². The molecule has 0 heterocycles. The van der Waals surface area contributed by atoms with Crippen LogP contribution in [0, 0.1) is 11.8 Å². The monoisotopic (exact) mass is 220 g/mol. The molecule has 0 aliphatic heterocycles. The van der Waals surface area contributed by atoms with Crippen LogP contribution in [-0.2, 0) is 0 Å². The number of benzene rings is 1. The van der Waals surface area contributed by atoms with Crippen LogP contribution in [0.2, 0.25) is 0 Å². The first-order valence-corrected chi connectivity index (χ1v) is 6.62. The van der Waals surface area contributed by atoms with Crippen LogP contribution in [0.15, 0.2) is 35.2 Å². The lowest BCUT2D eigenvalue weighted by molar-refractivity contribution is 0.119. The van der Waals surface area contributed by atoms with E-state index < -0.39 is 0 Å². The number of aliphatic hydroxyl groups excluding tert-OH is 1. The van der Waals surface area contributed by atoms with Gasteiger partial charge in [-0.3, -0.25) is 0 Å². The Morgan fingerprint density at radius 2 is 1.80 bits per heavy atom. The molecule has 2 aliphatic rings. The Kier molecular flexibility index (Phi) is 2.49. The van der Waals surface area contributed by atoms with E-state index in [1.54, 1.807) is 0 Å². The molecular weight excluding hydrogens is 204 g/mol. The molecule has 15 heavy (non-hydrogen) atoms. The van der Waals surface area contributed by atoms with Crippen molar-refractivity contribution in [2.24, 2.45) is 11.8 Å². The van der Waals surface area contributed by atoms with E-state index in [1.807, 2.05) is 17.8 Å². The third-order valence-electron chi connectivity index (χ3n) is 3.81. The molecule has 0 amide bonds. The number of rotatable bonds is 2. The minimum Gasteiger partial charge on any atom is -0.392 e. The summed E-state index contributed by atoms with van der Waals surface area (Å²) in [5.41, 5.74) is 0. The smallest absolute Gasteiger partial charge is 0.0693 e. The highest BCUT2D eigenvalue weighted by atomic mass is 32.2. The molecule has 0 saturated heterocycles. The van der Waals surface area contributed by atoms with Crippen molar-refractivity contribution >= 4 is 11.8 Å². The standard InChI is InChI=1S/C13H16OS/c14-12-9-6-7-10(8-9)13(12)15-11-4-2-1-3-5-11/h1-5,9-10,12-14H,6-8H2/t9-,10+,12-,13-/m0/s1. The quantitative estimate of drug-likeness (QED) is 0.827. The van der Waals surface area contributed by atoms with Crippen LogP contribution in [0.4, 0.5) is 0 Å². The molecule has 2 aliphatic carbocycles. The first-order valence-electron chi connectivity index (χ1n) is 5.74. The van der Waals surface area contributed by atoms with Crippen LogP contribution in [0.25, 0.3) is 0 Å². The molecule has 0 aromatic heterocycles. The highest BCUT2D eigenvalue weighted by Crippen LogP contribution is 2.51. The lowest BCUT2D eigenvalue weighted by Gasteiger charge is -2.26. The zero-order chi connectivity index (χ0) is 10.3. The predicted octanol–water partition coefficient (Wildman–Crippen LogP) is 2.94. The molecular formula is C13H16OS. The van der Waals surface area contributed by atoms with Crippen LogP contribution in [0.3, 0.4) is 0 Å². The van der Waals surface area contributed by atoms with Gasteiger partial charge >= 0.3 is 0 Å². The number of thioether (sulfide) groups is 1. The lowest BCUT2D eigenvalue weighted by atomic mass is 9.97. The normalized spacial score (nSPS) is 38.5.